The maximum atomic E-state index is 4.97. The number of methoxy groups -OCH3 is 1. The maximum Gasteiger partial charge on any atom is 0.118 e. The smallest absolute Gasteiger partial charge is 0.118 e. The molecular weight excluding hydrogens is 136 g/mol. The second kappa shape index (κ2) is 5.78. The lowest BCUT2D eigenvalue weighted by Crippen LogP contribution is -1.80. The highest BCUT2D eigenvalue weighted by Crippen LogP contribution is 1.98. The van der Waals surface area contributed by atoms with Crippen LogP contribution in [-0.4, -0.2) is 7.11 Å². The minimum absolute atomic E-state index is 0.578. The Balaban J connectivity index is 3.97. The van der Waals surface area contributed by atoms with E-state index in [-0.39, 0.29) is 0 Å². The fourth-order valence-electron chi connectivity index (χ4n) is 0.592. The fourth-order valence-corrected chi connectivity index (χ4v) is 0.592. The molecule has 11 heavy (non-hydrogen) atoms. The molecule has 62 valence electrons. The normalized spacial score (nSPS) is 12.5. The van der Waals surface area contributed by atoms with Gasteiger partial charge in [0.25, 0.3) is 0 Å². The van der Waals surface area contributed by atoms with E-state index in [1.165, 1.54) is 0 Å². The van der Waals surface area contributed by atoms with Gasteiger partial charge in [0.2, 0.25) is 0 Å². The molecule has 0 aliphatic rings. The van der Waals surface area contributed by atoms with Crippen molar-refractivity contribution in [3.8, 4) is 0 Å². The molecule has 0 saturated heterocycles. The molecule has 0 heterocycles. The summed E-state index contributed by atoms with van der Waals surface area (Å²) in [5.74, 6) is 1.37. The van der Waals surface area contributed by atoms with Crippen molar-refractivity contribution in [2.24, 2.45) is 5.92 Å². The Labute approximate surface area is 69.1 Å². The van der Waals surface area contributed by atoms with E-state index in [9.17, 15) is 0 Å². The van der Waals surface area contributed by atoms with Gasteiger partial charge < -0.3 is 4.74 Å². The third kappa shape index (κ3) is 5.46. The lowest BCUT2D eigenvalue weighted by molar-refractivity contribution is 0.307. The van der Waals surface area contributed by atoms with Gasteiger partial charge in [0.15, 0.2) is 0 Å². The summed E-state index contributed by atoms with van der Waals surface area (Å²) >= 11 is 0. The van der Waals surface area contributed by atoms with E-state index < -0.39 is 0 Å². The van der Waals surface area contributed by atoms with Gasteiger partial charge in [0, 0.05) is 0 Å². The first-order valence-corrected chi connectivity index (χ1v) is 3.75. The van der Waals surface area contributed by atoms with Crippen LogP contribution in [0.5, 0.6) is 0 Å². The van der Waals surface area contributed by atoms with Crippen LogP contribution >= 0.6 is 0 Å². The molecule has 0 atom stereocenters. The lowest BCUT2D eigenvalue weighted by atomic mass is 10.2. The van der Waals surface area contributed by atoms with E-state index in [4.69, 9.17) is 4.74 Å². The average Bonchev–Trinajstić information content (AvgIpc) is 1.98. The van der Waals surface area contributed by atoms with Crippen LogP contribution in [0.4, 0.5) is 0 Å². The molecule has 0 N–H and O–H groups in total. The highest BCUT2D eigenvalue weighted by atomic mass is 16.5. The molecule has 0 aromatic carbocycles. The third-order valence-electron chi connectivity index (χ3n) is 1.19. The number of hydrogen-bond donors (Lipinski definition) is 0. The first-order valence-electron chi connectivity index (χ1n) is 3.75. The predicted molar refractivity (Wildman–Crippen MR) is 49.3 cm³/mol. The second-order valence-electron chi connectivity index (χ2n) is 2.61. The quantitative estimate of drug-likeness (QED) is 0.444. The Morgan fingerprint density at radius 3 is 2.45 bits per heavy atom. The van der Waals surface area contributed by atoms with E-state index in [2.05, 4.69) is 26.5 Å². The summed E-state index contributed by atoms with van der Waals surface area (Å²) in [5.41, 5.74) is 0. The van der Waals surface area contributed by atoms with Crippen molar-refractivity contribution in [2.75, 3.05) is 7.11 Å². The lowest BCUT2D eigenvalue weighted by Gasteiger charge is -1.96. The van der Waals surface area contributed by atoms with Crippen LogP contribution in [0.2, 0.25) is 0 Å². The Hall–Kier alpha value is -0.980. The summed E-state index contributed by atoms with van der Waals surface area (Å²) in [6.07, 6.45) is 7.66. The number of hydrogen-bond acceptors (Lipinski definition) is 1. The molecule has 0 bridgehead atoms. The van der Waals surface area contributed by atoms with Gasteiger partial charge in [-0.2, -0.15) is 0 Å². The van der Waals surface area contributed by atoms with Crippen LogP contribution in [0.1, 0.15) is 13.8 Å². The van der Waals surface area contributed by atoms with Crippen molar-refractivity contribution >= 4 is 0 Å². The Morgan fingerprint density at radius 2 is 2.09 bits per heavy atom. The van der Waals surface area contributed by atoms with Gasteiger partial charge in [-0.25, -0.2) is 0 Å². The molecule has 0 fully saturated rings. The van der Waals surface area contributed by atoms with Crippen molar-refractivity contribution in [3.05, 3.63) is 36.6 Å². The summed E-state index contributed by atoms with van der Waals surface area (Å²) in [5, 5.41) is 0. The molecule has 0 aliphatic carbocycles. The van der Waals surface area contributed by atoms with Crippen molar-refractivity contribution < 1.29 is 4.74 Å². The zero-order chi connectivity index (χ0) is 8.69. The van der Waals surface area contributed by atoms with Crippen molar-refractivity contribution in [3.63, 3.8) is 0 Å². The summed E-state index contributed by atoms with van der Waals surface area (Å²) in [7, 11) is 1.64. The molecule has 0 spiro atoms. The van der Waals surface area contributed by atoms with Crippen LogP contribution in [0.3, 0.4) is 0 Å². The van der Waals surface area contributed by atoms with Crippen molar-refractivity contribution in [1.29, 1.82) is 0 Å². The second-order valence-corrected chi connectivity index (χ2v) is 2.61. The standard InChI is InChI=1S/C10H16O/c1-5-10(11-4)8-6-7-9(2)3/h5-9H,1H2,2-4H3/b7-6+,10-8+. The first-order chi connectivity index (χ1) is 5.20. The highest BCUT2D eigenvalue weighted by molar-refractivity contribution is 5.16. The zero-order valence-corrected chi connectivity index (χ0v) is 7.50. The maximum absolute atomic E-state index is 4.97. The third-order valence-corrected chi connectivity index (χ3v) is 1.19. The van der Waals surface area contributed by atoms with Gasteiger partial charge in [-0.1, -0.05) is 32.6 Å². The van der Waals surface area contributed by atoms with Gasteiger partial charge in [-0.05, 0) is 18.1 Å². The molecule has 0 aliphatic heterocycles. The van der Waals surface area contributed by atoms with Gasteiger partial charge in [0.1, 0.15) is 5.76 Å². The number of allylic oxidation sites excluding steroid dienone is 4. The number of rotatable bonds is 4. The van der Waals surface area contributed by atoms with Gasteiger partial charge in [-0.3, -0.25) is 0 Å². The molecule has 0 saturated carbocycles. The Morgan fingerprint density at radius 1 is 1.45 bits per heavy atom. The monoisotopic (exact) mass is 152 g/mol. The molecule has 0 radical (unpaired) electrons. The molecule has 0 rings (SSSR count). The summed E-state index contributed by atoms with van der Waals surface area (Å²) in [6, 6.07) is 0. The largest absolute Gasteiger partial charge is 0.497 e. The molecule has 1 heteroatoms. The van der Waals surface area contributed by atoms with Crippen LogP contribution in [0.15, 0.2) is 36.6 Å². The predicted octanol–water partition coefficient (Wildman–Crippen LogP) is 2.91. The minimum Gasteiger partial charge on any atom is -0.497 e. The number of ether oxygens (including phenoxy) is 1. The molecule has 1 nitrogen and oxygen atoms in total. The van der Waals surface area contributed by atoms with Gasteiger partial charge in [0.05, 0.1) is 7.11 Å². The van der Waals surface area contributed by atoms with Crippen LogP contribution < -0.4 is 0 Å². The van der Waals surface area contributed by atoms with E-state index in [0.29, 0.717) is 5.92 Å². The summed E-state index contributed by atoms with van der Waals surface area (Å²) in [6.45, 7) is 7.86. The minimum atomic E-state index is 0.578. The highest BCUT2D eigenvalue weighted by Gasteiger charge is 1.84. The van der Waals surface area contributed by atoms with Gasteiger partial charge >= 0.3 is 0 Å². The van der Waals surface area contributed by atoms with Crippen LogP contribution in [-0.2, 0) is 4.74 Å². The van der Waals surface area contributed by atoms with Crippen molar-refractivity contribution in [2.45, 2.75) is 13.8 Å². The SMILES string of the molecule is C=C/C(=C\C=C\C(C)C)OC. The molecule has 0 aromatic rings. The van der Waals surface area contributed by atoms with E-state index in [1.807, 2.05) is 12.2 Å². The van der Waals surface area contributed by atoms with E-state index in [1.54, 1.807) is 13.2 Å². The molecule has 0 unspecified atom stereocenters. The fraction of sp³-hybridized carbons (Fsp3) is 0.400. The average molecular weight is 152 g/mol. The topological polar surface area (TPSA) is 9.23 Å². The molecular formula is C10H16O. The van der Waals surface area contributed by atoms with Crippen LogP contribution in [0, 0.1) is 5.92 Å². The Kier molecular flexibility index (Phi) is 5.26. The summed E-state index contributed by atoms with van der Waals surface area (Å²) < 4.78 is 4.97. The van der Waals surface area contributed by atoms with Crippen LogP contribution in [0.25, 0.3) is 0 Å². The van der Waals surface area contributed by atoms with Crippen molar-refractivity contribution in [1.82, 2.24) is 0 Å². The zero-order valence-electron chi connectivity index (χ0n) is 7.50. The van der Waals surface area contributed by atoms with Gasteiger partial charge in [-0.15, -0.1) is 0 Å². The van der Waals surface area contributed by atoms with E-state index >= 15 is 0 Å². The first kappa shape index (κ1) is 10.0. The Bertz CT molecular complexity index is 164. The molecule has 0 aromatic heterocycles. The van der Waals surface area contributed by atoms with E-state index in [0.717, 1.165) is 5.76 Å². The summed E-state index contributed by atoms with van der Waals surface area (Å²) in [4.78, 5) is 0. The molecule has 0 amide bonds.